The van der Waals surface area contributed by atoms with Crippen LogP contribution in [0.1, 0.15) is 41.5 Å². The Morgan fingerprint density at radius 1 is 0.618 bits per heavy atom. The molecule has 0 aromatic rings. The molecule has 0 saturated carbocycles. The van der Waals surface area contributed by atoms with Crippen molar-refractivity contribution in [3.63, 3.8) is 0 Å². The summed E-state index contributed by atoms with van der Waals surface area (Å²) < 4.78 is 0. The largest absolute Gasteiger partial charge is 0.359 e. The Bertz CT molecular complexity index is 782. The molecule has 0 unspecified atom stereocenters. The lowest BCUT2D eigenvalue weighted by Gasteiger charge is -2.22. The van der Waals surface area contributed by atoms with Crippen LogP contribution in [0.4, 0.5) is 0 Å². The smallest absolute Gasteiger partial charge is 0.123 e. The van der Waals surface area contributed by atoms with Crippen LogP contribution in [0.5, 0.6) is 0 Å². The zero-order valence-corrected chi connectivity index (χ0v) is 24.4. The molecule has 4 aliphatic rings. The Hall–Kier alpha value is -2.39. The lowest BCUT2D eigenvalue weighted by atomic mass is 10.3. The van der Waals surface area contributed by atoms with Gasteiger partial charge in [-0.05, 0) is 52.7 Å². The van der Waals surface area contributed by atoms with E-state index in [1.54, 1.807) is 0 Å². The first-order valence-electron chi connectivity index (χ1n) is 11.9. The first kappa shape index (κ1) is 29.6. The van der Waals surface area contributed by atoms with Gasteiger partial charge in [-0.25, -0.2) is 10.0 Å². The third kappa shape index (κ3) is 8.43. The molecule has 0 radical (unpaired) electrons. The van der Waals surface area contributed by atoms with Crippen LogP contribution in [0, 0.1) is 0 Å². The van der Waals surface area contributed by atoms with Crippen LogP contribution >= 0.6 is 0 Å². The normalized spacial score (nSPS) is 20.9. The second-order valence-corrected chi connectivity index (χ2v) is 9.92. The molecule has 9 heteroatoms. The van der Waals surface area contributed by atoms with Crippen molar-refractivity contribution >= 4 is 5.84 Å². The van der Waals surface area contributed by atoms with E-state index in [0.29, 0.717) is 0 Å². The zero-order chi connectivity index (χ0) is 26.3. The quantitative estimate of drug-likeness (QED) is 0.527. The average Bonchev–Trinajstić information content (AvgIpc) is 3.36. The molecule has 4 rings (SSSR count). The van der Waals surface area contributed by atoms with Gasteiger partial charge in [0, 0.05) is 92.8 Å². The first-order valence-corrected chi connectivity index (χ1v) is 11.9. The number of hydrazone groups is 1. The minimum absolute atomic E-state index is 0.922. The molecule has 0 aromatic heterocycles. The van der Waals surface area contributed by atoms with Gasteiger partial charge in [0.1, 0.15) is 12.5 Å². The van der Waals surface area contributed by atoms with Gasteiger partial charge in [0.15, 0.2) is 0 Å². The van der Waals surface area contributed by atoms with Gasteiger partial charge in [-0.3, -0.25) is 5.01 Å². The summed E-state index contributed by atoms with van der Waals surface area (Å²) in [6.45, 7) is 16.9. The Kier molecular flexibility index (Phi) is 11.2. The molecule has 0 amide bonds. The van der Waals surface area contributed by atoms with E-state index in [1.165, 1.54) is 28.2 Å². The molecule has 34 heavy (non-hydrogen) atoms. The van der Waals surface area contributed by atoms with Crippen molar-refractivity contribution in [2.75, 3.05) is 82.8 Å². The second-order valence-electron chi connectivity index (χ2n) is 9.92. The Labute approximate surface area is 209 Å². The van der Waals surface area contributed by atoms with E-state index in [2.05, 4.69) is 123 Å². The molecule has 4 aliphatic heterocycles. The molecule has 0 N–H and O–H groups in total. The van der Waals surface area contributed by atoms with Gasteiger partial charge < -0.3 is 24.7 Å². The highest BCUT2D eigenvalue weighted by atomic mass is 15.6. The first-order chi connectivity index (χ1) is 15.6. The summed E-state index contributed by atoms with van der Waals surface area (Å²) in [7, 11) is 16.5. The van der Waals surface area contributed by atoms with E-state index in [9.17, 15) is 0 Å². The van der Waals surface area contributed by atoms with Gasteiger partial charge in [0.05, 0.1) is 6.67 Å². The Morgan fingerprint density at radius 3 is 1.26 bits per heavy atom. The maximum atomic E-state index is 4.15. The summed E-state index contributed by atoms with van der Waals surface area (Å²) >= 11 is 0. The minimum Gasteiger partial charge on any atom is -0.359 e. The van der Waals surface area contributed by atoms with E-state index >= 15 is 0 Å². The Balaban J connectivity index is 0.000000227. The zero-order valence-electron chi connectivity index (χ0n) is 24.4. The van der Waals surface area contributed by atoms with Gasteiger partial charge in [0.2, 0.25) is 0 Å². The van der Waals surface area contributed by atoms with Crippen molar-refractivity contribution < 1.29 is 0 Å². The number of hydrogen-bond donors (Lipinski definition) is 0. The number of hydrogen-bond acceptors (Lipinski definition) is 9. The third-order valence-corrected chi connectivity index (χ3v) is 6.88. The molecule has 0 fully saturated rings. The number of rotatable bonds is 0. The topological polar surface area (TPSA) is 38.3 Å². The van der Waals surface area contributed by atoms with Crippen molar-refractivity contribution in [1.29, 1.82) is 0 Å². The van der Waals surface area contributed by atoms with E-state index < -0.39 is 0 Å². The standard InChI is InChI=1S/2C7H14N2.C6H12N2.C5H11N3/c1-6-7(2)9(4)5-8(6)3;1-6-5-8(3)9(4)7(6)2;1-6-4-7(2)8(3)5-6;1-5-6-8(3)4-7(5)2/h2*5H2,1-4H3;4H,5H2,1-3H3;4H2,1-3H3. The summed E-state index contributed by atoms with van der Waals surface area (Å²) in [5.41, 5.74) is 7.06. The summed E-state index contributed by atoms with van der Waals surface area (Å²) in [6.07, 6.45) is 2.14. The number of allylic oxidation sites excluding steroid dienone is 3. The van der Waals surface area contributed by atoms with Gasteiger partial charge in [-0.1, -0.05) is 0 Å². The fourth-order valence-electron chi connectivity index (χ4n) is 3.87. The molecule has 9 nitrogen and oxygen atoms in total. The van der Waals surface area contributed by atoms with Crippen LogP contribution in [0.15, 0.2) is 39.5 Å². The number of hydrazine groups is 2. The molecule has 0 atom stereocenters. The molecule has 0 aromatic carbocycles. The van der Waals surface area contributed by atoms with Gasteiger partial charge in [-0.15, -0.1) is 0 Å². The number of nitrogens with zero attached hydrogens (tertiary/aromatic N) is 9. The van der Waals surface area contributed by atoms with Crippen molar-refractivity contribution in [1.82, 2.24) is 39.7 Å². The summed E-state index contributed by atoms with van der Waals surface area (Å²) in [5.74, 6) is 1.09. The highest BCUT2D eigenvalue weighted by Crippen LogP contribution is 2.18. The van der Waals surface area contributed by atoms with E-state index in [1.807, 2.05) is 26.0 Å². The van der Waals surface area contributed by atoms with E-state index in [-0.39, 0.29) is 0 Å². The molecule has 196 valence electrons. The Morgan fingerprint density at radius 2 is 1.15 bits per heavy atom. The van der Waals surface area contributed by atoms with Crippen molar-refractivity contribution in [3.8, 4) is 0 Å². The fourth-order valence-corrected chi connectivity index (χ4v) is 3.87. The van der Waals surface area contributed by atoms with Gasteiger partial charge in [0.25, 0.3) is 0 Å². The van der Waals surface area contributed by atoms with Crippen molar-refractivity contribution in [2.45, 2.75) is 41.5 Å². The van der Waals surface area contributed by atoms with Gasteiger partial charge in [-0.2, -0.15) is 5.10 Å². The molecule has 0 bridgehead atoms. The number of amidine groups is 1. The monoisotopic (exact) mass is 477 g/mol. The van der Waals surface area contributed by atoms with Crippen molar-refractivity contribution in [2.24, 2.45) is 5.10 Å². The highest BCUT2D eigenvalue weighted by molar-refractivity contribution is 5.80. The van der Waals surface area contributed by atoms with Crippen LogP contribution < -0.4 is 0 Å². The average molecular weight is 478 g/mol. The molecular formula is C25H51N9. The predicted octanol–water partition coefficient (Wildman–Crippen LogP) is 2.98. The fraction of sp³-hybridized carbons (Fsp3) is 0.720. The minimum atomic E-state index is 0.922. The second kappa shape index (κ2) is 12.9. The van der Waals surface area contributed by atoms with Crippen molar-refractivity contribution in [3.05, 3.63) is 34.4 Å². The summed E-state index contributed by atoms with van der Waals surface area (Å²) in [4.78, 5) is 6.59. The summed E-state index contributed by atoms with van der Waals surface area (Å²) in [6, 6.07) is 0. The third-order valence-electron chi connectivity index (χ3n) is 6.88. The molecule has 0 spiro atoms. The van der Waals surface area contributed by atoms with Crippen LogP contribution in [-0.2, 0) is 0 Å². The molecular weight excluding hydrogens is 426 g/mol. The van der Waals surface area contributed by atoms with E-state index in [0.717, 1.165) is 32.3 Å². The van der Waals surface area contributed by atoms with Crippen LogP contribution in [0.25, 0.3) is 0 Å². The SMILES string of the molecule is CC1=C(C)N(C)CN1C.CC1=C(C)N(C)N(C)C1.CC1=CN(C)N(C)C1.CC1=NN(C)CN1C. The van der Waals surface area contributed by atoms with Crippen LogP contribution in [0.3, 0.4) is 0 Å². The van der Waals surface area contributed by atoms with Gasteiger partial charge >= 0.3 is 0 Å². The highest BCUT2D eigenvalue weighted by Gasteiger charge is 2.17. The lowest BCUT2D eigenvalue weighted by Crippen LogP contribution is -2.29. The van der Waals surface area contributed by atoms with Crippen LogP contribution in [0.2, 0.25) is 0 Å². The molecule has 4 heterocycles. The maximum Gasteiger partial charge on any atom is 0.123 e. The molecule has 0 aliphatic carbocycles. The maximum absolute atomic E-state index is 4.15. The summed E-state index contributed by atoms with van der Waals surface area (Å²) in [5, 5.41) is 14.7. The van der Waals surface area contributed by atoms with Crippen LogP contribution in [-0.4, -0.2) is 128 Å². The number of likely N-dealkylation sites (N-methyl/N-ethyl adjacent to an activating group) is 2. The molecule has 0 saturated heterocycles. The predicted molar refractivity (Wildman–Crippen MR) is 145 cm³/mol. The van der Waals surface area contributed by atoms with E-state index in [4.69, 9.17) is 0 Å². The lowest BCUT2D eigenvalue weighted by molar-refractivity contribution is 0.102.